The van der Waals surface area contributed by atoms with E-state index < -0.39 is 36.5 Å². The Hall–Kier alpha value is -2.68. The van der Waals surface area contributed by atoms with Crippen LogP contribution in [0.5, 0.6) is 5.75 Å². The third-order valence-electron chi connectivity index (χ3n) is 4.19. The van der Waals surface area contributed by atoms with Crippen molar-refractivity contribution in [1.82, 2.24) is 14.7 Å². The van der Waals surface area contributed by atoms with Crippen molar-refractivity contribution in [1.29, 1.82) is 0 Å². The molecule has 6 nitrogen and oxygen atoms in total. The number of benzene rings is 2. The molecule has 30 heavy (non-hydrogen) atoms. The van der Waals surface area contributed by atoms with Crippen LogP contribution in [-0.2, 0) is 0 Å². The number of para-hydroxylation sites is 1. The monoisotopic (exact) mass is 455 g/mol. The van der Waals surface area contributed by atoms with Crippen LogP contribution in [0.25, 0.3) is 16.9 Å². The van der Waals surface area contributed by atoms with Gasteiger partial charge in [0, 0.05) is 17.5 Å². The molecule has 1 heterocycles. The van der Waals surface area contributed by atoms with Gasteiger partial charge in [0.05, 0.1) is 17.3 Å². The highest BCUT2D eigenvalue weighted by atomic mass is 35.5. The number of carbonyl (C=O) groups excluding carboxylic acids is 1. The molecule has 3 rings (SSSR count). The van der Waals surface area contributed by atoms with Crippen LogP contribution in [0.15, 0.2) is 48.5 Å². The number of nitrogens with zero attached hydrogens (tertiary/aromatic N) is 3. The quantitative estimate of drug-likeness (QED) is 0.532. The Labute approximate surface area is 180 Å². The van der Waals surface area contributed by atoms with E-state index in [2.05, 4.69) is 5.10 Å². The van der Waals surface area contributed by atoms with Crippen LogP contribution < -0.4 is 0 Å². The molecule has 0 unspecified atom stereocenters. The van der Waals surface area contributed by atoms with Gasteiger partial charge in [0.1, 0.15) is 12.4 Å². The highest BCUT2D eigenvalue weighted by molar-refractivity contribution is 6.32. The summed E-state index contributed by atoms with van der Waals surface area (Å²) in [6, 6.07) is 13.0. The first kappa shape index (κ1) is 22.0. The zero-order chi connectivity index (χ0) is 22.1. The molecule has 0 aliphatic heterocycles. The molecule has 158 valence electrons. The summed E-state index contributed by atoms with van der Waals surface area (Å²) in [6.45, 7) is -1.40. The summed E-state index contributed by atoms with van der Waals surface area (Å²) >= 11 is 12.2. The van der Waals surface area contributed by atoms with Gasteiger partial charge in [-0.3, -0.25) is 4.79 Å². The Morgan fingerprint density at radius 2 is 1.80 bits per heavy atom. The molecule has 0 aliphatic rings. The molecule has 2 N–H and O–H groups in total. The lowest BCUT2D eigenvalue weighted by molar-refractivity contribution is -0.0289. The maximum absolute atomic E-state index is 13.4. The number of aliphatic hydroxyl groups excluding tert-OH is 1. The minimum absolute atomic E-state index is 0.115. The summed E-state index contributed by atoms with van der Waals surface area (Å²) in [4.78, 5) is 13.3. The number of aromatic nitrogens is 2. The molecular weight excluding hydrogens is 439 g/mol. The fourth-order valence-electron chi connectivity index (χ4n) is 2.89. The molecule has 0 fully saturated rings. The highest BCUT2D eigenvalue weighted by Gasteiger charge is 2.33. The average Bonchev–Trinajstić information content (AvgIpc) is 3.03. The van der Waals surface area contributed by atoms with Gasteiger partial charge in [-0.2, -0.15) is 5.10 Å². The second-order valence-corrected chi connectivity index (χ2v) is 7.47. The van der Waals surface area contributed by atoms with Gasteiger partial charge in [0.25, 0.3) is 11.8 Å². The molecule has 1 aromatic heterocycles. The number of halogens is 4. The predicted octanol–water partition coefficient (Wildman–Crippen LogP) is 4.60. The lowest BCUT2D eigenvalue weighted by Crippen LogP contribution is -2.40. The summed E-state index contributed by atoms with van der Waals surface area (Å²) in [5.41, 5.74) is 0.428. The molecule has 0 saturated carbocycles. The normalized spacial score (nSPS) is 11.5. The lowest BCUT2D eigenvalue weighted by Gasteiger charge is -2.22. The third kappa shape index (κ3) is 4.56. The molecule has 2 aromatic carbocycles. The van der Waals surface area contributed by atoms with Crippen molar-refractivity contribution in [2.24, 2.45) is 0 Å². The number of aliphatic hydroxyl groups is 1. The second kappa shape index (κ2) is 8.59. The zero-order valence-corrected chi connectivity index (χ0v) is 17.2. The van der Waals surface area contributed by atoms with Gasteiger partial charge in [-0.05, 0) is 24.3 Å². The smallest absolute Gasteiger partial charge is 0.280 e. The second-order valence-electron chi connectivity index (χ2n) is 6.63. The summed E-state index contributed by atoms with van der Waals surface area (Å²) < 4.78 is 28.1. The van der Waals surface area contributed by atoms with E-state index in [0.717, 1.165) is 0 Å². The maximum atomic E-state index is 13.4. The first-order valence-corrected chi connectivity index (χ1v) is 9.48. The van der Waals surface area contributed by atoms with E-state index in [1.807, 2.05) is 0 Å². The Morgan fingerprint density at radius 1 is 1.17 bits per heavy atom. The van der Waals surface area contributed by atoms with Gasteiger partial charge < -0.3 is 15.1 Å². The first-order chi connectivity index (χ1) is 14.1. The fourth-order valence-corrected chi connectivity index (χ4v) is 3.23. The van der Waals surface area contributed by atoms with E-state index in [-0.39, 0.29) is 10.7 Å². The zero-order valence-electron chi connectivity index (χ0n) is 15.7. The number of amides is 1. The molecule has 0 spiro atoms. The number of aromatic hydroxyl groups is 1. The van der Waals surface area contributed by atoms with Gasteiger partial charge in [-0.15, -0.1) is 0 Å². The molecule has 0 bridgehead atoms. The number of carbonyl (C=O) groups is 1. The predicted molar refractivity (Wildman–Crippen MR) is 109 cm³/mol. The van der Waals surface area contributed by atoms with Gasteiger partial charge in [-0.25, -0.2) is 13.5 Å². The van der Waals surface area contributed by atoms with Crippen molar-refractivity contribution in [3.05, 3.63) is 64.3 Å². The molecule has 0 radical (unpaired) electrons. The molecule has 0 aliphatic carbocycles. The van der Waals surface area contributed by atoms with Gasteiger partial charge in [-0.1, -0.05) is 47.5 Å². The minimum atomic E-state index is -3.25. The van der Waals surface area contributed by atoms with Gasteiger partial charge in [0.2, 0.25) is 0 Å². The van der Waals surface area contributed by atoms with E-state index in [1.54, 1.807) is 48.5 Å². The van der Waals surface area contributed by atoms with Gasteiger partial charge >= 0.3 is 0 Å². The number of rotatable bonds is 6. The molecule has 3 aromatic rings. The van der Waals surface area contributed by atoms with Crippen LogP contribution in [0.3, 0.4) is 0 Å². The summed E-state index contributed by atoms with van der Waals surface area (Å²) in [5.74, 6) is -4.85. The third-order valence-corrected chi connectivity index (χ3v) is 4.76. The average molecular weight is 456 g/mol. The van der Waals surface area contributed by atoms with E-state index >= 15 is 0 Å². The fraction of sp³-hybridized carbons (Fsp3) is 0.200. The summed E-state index contributed by atoms with van der Waals surface area (Å²) in [6.07, 6.45) is 0. The summed E-state index contributed by atoms with van der Waals surface area (Å²) in [7, 11) is 0. The SMILES string of the molecule is CC(F)(F)CN(CO)C(=O)c1nn(-c2ccccc2Cl)c(-c2ccc(Cl)cc2)c1O. The van der Waals surface area contributed by atoms with Crippen LogP contribution in [0.2, 0.25) is 10.0 Å². The van der Waals surface area contributed by atoms with Gasteiger partial charge in [0.15, 0.2) is 11.4 Å². The van der Waals surface area contributed by atoms with Crippen LogP contribution in [0.4, 0.5) is 8.78 Å². The Kier molecular flexibility index (Phi) is 6.30. The molecule has 0 atom stereocenters. The number of hydrogen-bond acceptors (Lipinski definition) is 4. The van der Waals surface area contributed by atoms with Crippen molar-refractivity contribution in [2.75, 3.05) is 13.3 Å². The molecule has 0 saturated heterocycles. The van der Waals surface area contributed by atoms with E-state index in [9.17, 15) is 23.8 Å². The first-order valence-electron chi connectivity index (χ1n) is 8.73. The number of alkyl halides is 2. The largest absolute Gasteiger partial charge is 0.504 e. The molecular formula is C20H17Cl2F2N3O3. The van der Waals surface area contributed by atoms with Crippen molar-refractivity contribution >= 4 is 29.1 Å². The summed E-state index contributed by atoms with van der Waals surface area (Å²) in [5, 5.41) is 25.1. The topological polar surface area (TPSA) is 78.6 Å². The van der Waals surface area contributed by atoms with Crippen molar-refractivity contribution in [3.8, 4) is 22.7 Å². The van der Waals surface area contributed by atoms with Crippen molar-refractivity contribution < 1.29 is 23.8 Å². The Bertz CT molecular complexity index is 1070. The lowest BCUT2D eigenvalue weighted by atomic mass is 10.1. The van der Waals surface area contributed by atoms with Crippen LogP contribution in [0.1, 0.15) is 17.4 Å². The Morgan fingerprint density at radius 3 is 2.37 bits per heavy atom. The Balaban J connectivity index is 2.19. The van der Waals surface area contributed by atoms with Crippen molar-refractivity contribution in [3.63, 3.8) is 0 Å². The maximum Gasteiger partial charge on any atom is 0.280 e. The minimum Gasteiger partial charge on any atom is -0.504 e. The van der Waals surface area contributed by atoms with E-state index in [4.69, 9.17) is 23.2 Å². The number of hydrogen-bond donors (Lipinski definition) is 2. The standard InChI is InChI=1S/C20H17Cl2F2N3O3/c1-20(23,24)10-26(11-28)19(30)16-18(29)17(12-6-8-13(21)9-7-12)27(25-16)15-5-3-2-4-14(15)22/h2-9,28-29H,10-11H2,1H3. The van der Waals surface area contributed by atoms with E-state index in [0.29, 0.717) is 28.1 Å². The van der Waals surface area contributed by atoms with E-state index in [1.165, 1.54) is 4.68 Å². The highest BCUT2D eigenvalue weighted by Crippen LogP contribution is 2.37. The van der Waals surface area contributed by atoms with Crippen molar-refractivity contribution in [2.45, 2.75) is 12.8 Å². The van der Waals surface area contributed by atoms with Crippen LogP contribution >= 0.6 is 23.2 Å². The molecule has 10 heteroatoms. The molecule has 1 amide bonds. The van der Waals surface area contributed by atoms with Crippen LogP contribution in [-0.4, -0.2) is 50.0 Å². The van der Waals surface area contributed by atoms with Crippen LogP contribution in [0, 0.1) is 0 Å².